The Bertz CT molecular complexity index is 256. The van der Waals surface area contributed by atoms with Gasteiger partial charge in [-0.25, -0.2) is 0 Å². The minimum atomic E-state index is 0.113. The smallest absolute Gasteiger partial charge is 0.115 e. The van der Waals surface area contributed by atoms with E-state index in [1.54, 1.807) is 12.1 Å². The maximum Gasteiger partial charge on any atom is 0.115 e. The van der Waals surface area contributed by atoms with Crippen molar-refractivity contribution in [3.8, 4) is 5.75 Å². The Labute approximate surface area is 85.8 Å². The molecule has 0 heterocycles. The summed E-state index contributed by atoms with van der Waals surface area (Å²) in [6.45, 7) is 2.19. The lowest BCUT2D eigenvalue weighted by Gasteiger charge is -2.11. The number of unbranched alkanes of at least 4 members (excludes halogenated alkanes) is 2. The number of nitrogens with two attached hydrogens (primary N) is 1. The first-order chi connectivity index (χ1) is 6.74. The van der Waals surface area contributed by atoms with Crippen molar-refractivity contribution in [3.63, 3.8) is 0 Å². The molecule has 1 unspecified atom stereocenters. The first-order valence-corrected chi connectivity index (χ1v) is 5.28. The zero-order valence-corrected chi connectivity index (χ0v) is 8.74. The van der Waals surface area contributed by atoms with Crippen molar-refractivity contribution in [2.45, 2.75) is 38.6 Å². The summed E-state index contributed by atoms with van der Waals surface area (Å²) in [6, 6.07) is 7.28. The van der Waals surface area contributed by atoms with Gasteiger partial charge in [-0.05, 0) is 24.1 Å². The molecular weight excluding hydrogens is 174 g/mol. The summed E-state index contributed by atoms with van der Waals surface area (Å²) in [6.07, 6.45) is 4.67. The number of benzene rings is 1. The molecule has 0 aliphatic carbocycles. The predicted octanol–water partition coefficient (Wildman–Crippen LogP) is 2.97. The molecule has 0 saturated carbocycles. The molecule has 0 saturated heterocycles. The van der Waals surface area contributed by atoms with Gasteiger partial charge in [-0.2, -0.15) is 0 Å². The highest BCUT2D eigenvalue weighted by Gasteiger charge is 2.04. The highest BCUT2D eigenvalue weighted by atomic mass is 16.3. The second-order valence-corrected chi connectivity index (χ2v) is 3.69. The molecule has 0 spiro atoms. The molecule has 0 radical (unpaired) electrons. The van der Waals surface area contributed by atoms with Crippen LogP contribution in [-0.2, 0) is 0 Å². The van der Waals surface area contributed by atoms with Crippen LogP contribution in [0.3, 0.4) is 0 Å². The van der Waals surface area contributed by atoms with Crippen LogP contribution in [0.2, 0.25) is 0 Å². The Morgan fingerprint density at radius 3 is 2.43 bits per heavy atom. The lowest BCUT2D eigenvalue weighted by atomic mass is 10.0. The SMILES string of the molecule is CCCCCC(N)c1ccc(O)cc1. The van der Waals surface area contributed by atoms with Crippen LogP contribution >= 0.6 is 0 Å². The van der Waals surface area contributed by atoms with E-state index in [4.69, 9.17) is 10.8 Å². The van der Waals surface area contributed by atoms with E-state index >= 15 is 0 Å². The average Bonchev–Trinajstić information content (AvgIpc) is 2.19. The number of phenols is 1. The maximum atomic E-state index is 9.11. The van der Waals surface area contributed by atoms with Gasteiger partial charge in [0.25, 0.3) is 0 Å². The minimum Gasteiger partial charge on any atom is -0.508 e. The van der Waals surface area contributed by atoms with Crippen molar-refractivity contribution in [2.24, 2.45) is 5.73 Å². The van der Waals surface area contributed by atoms with Gasteiger partial charge in [-0.3, -0.25) is 0 Å². The highest BCUT2D eigenvalue weighted by Crippen LogP contribution is 2.19. The summed E-state index contributed by atoms with van der Waals surface area (Å²) in [5.74, 6) is 0.300. The molecule has 78 valence electrons. The lowest BCUT2D eigenvalue weighted by Crippen LogP contribution is -2.09. The molecule has 2 heteroatoms. The zero-order chi connectivity index (χ0) is 10.4. The largest absolute Gasteiger partial charge is 0.508 e. The van der Waals surface area contributed by atoms with E-state index in [2.05, 4.69) is 6.92 Å². The van der Waals surface area contributed by atoms with Crippen molar-refractivity contribution >= 4 is 0 Å². The van der Waals surface area contributed by atoms with E-state index in [-0.39, 0.29) is 6.04 Å². The molecule has 0 aromatic heterocycles. The predicted molar refractivity (Wildman–Crippen MR) is 59.2 cm³/mol. The van der Waals surface area contributed by atoms with Gasteiger partial charge in [-0.1, -0.05) is 38.3 Å². The second-order valence-electron chi connectivity index (χ2n) is 3.69. The van der Waals surface area contributed by atoms with Gasteiger partial charge in [0.2, 0.25) is 0 Å². The molecule has 0 fully saturated rings. The Morgan fingerprint density at radius 1 is 1.21 bits per heavy atom. The summed E-state index contributed by atoms with van der Waals surface area (Å²) in [5.41, 5.74) is 7.11. The van der Waals surface area contributed by atoms with Gasteiger partial charge in [-0.15, -0.1) is 0 Å². The van der Waals surface area contributed by atoms with E-state index in [0.29, 0.717) is 5.75 Å². The molecule has 2 nitrogen and oxygen atoms in total. The van der Waals surface area contributed by atoms with Crippen molar-refractivity contribution < 1.29 is 5.11 Å². The third kappa shape index (κ3) is 3.38. The molecule has 3 N–H and O–H groups in total. The number of phenolic OH excluding ortho intramolecular Hbond substituents is 1. The van der Waals surface area contributed by atoms with Crippen molar-refractivity contribution in [1.29, 1.82) is 0 Å². The molecule has 0 bridgehead atoms. The van der Waals surface area contributed by atoms with Crippen LogP contribution in [0.15, 0.2) is 24.3 Å². The Kier molecular flexibility index (Phi) is 4.47. The molecule has 1 atom stereocenters. The molecule has 1 aromatic rings. The van der Waals surface area contributed by atoms with E-state index in [1.807, 2.05) is 12.1 Å². The Morgan fingerprint density at radius 2 is 1.86 bits per heavy atom. The summed E-state index contributed by atoms with van der Waals surface area (Å²) in [7, 11) is 0. The third-order valence-corrected chi connectivity index (χ3v) is 2.44. The Balaban J connectivity index is 2.43. The van der Waals surface area contributed by atoms with Crippen LogP contribution in [0.5, 0.6) is 5.75 Å². The fraction of sp³-hybridized carbons (Fsp3) is 0.500. The van der Waals surface area contributed by atoms with Crippen molar-refractivity contribution in [3.05, 3.63) is 29.8 Å². The molecule has 0 aliphatic rings. The number of aromatic hydroxyl groups is 1. The van der Waals surface area contributed by atoms with Gasteiger partial charge in [0.15, 0.2) is 0 Å². The molecule has 0 aliphatic heterocycles. The van der Waals surface area contributed by atoms with Crippen LogP contribution in [0.4, 0.5) is 0 Å². The molecule has 14 heavy (non-hydrogen) atoms. The first kappa shape index (κ1) is 11.1. The van der Waals surface area contributed by atoms with Gasteiger partial charge >= 0.3 is 0 Å². The van der Waals surface area contributed by atoms with Gasteiger partial charge < -0.3 is 10.8 Å². The number of hydrogen-bond acceptors (Lipinski definition) is 2. The zero-order valence-electron chi connectivity index (χ0n) is 8.74. The minimum absolute atomic E-state index is 0.113. The third-order valence-electron chi connectivity index (χ3n) is 2.44. The summed E-state index contributed by atoms with van der Waals surface area (Å²) in [5, 5.41) is 9.11. The van der Waals surface area contributed by atoms with Crippen molar-refractivity contribution in [2.75, 3.05) is 0 Å². The second kappa shape index (κ2) is 5.66. The normalized spacial score (nSPS) is 12.7. The lowest BCUT2D eigenvalue weighted by molar-refractivity contribution is 0.474. The molecule has 1 aromatic carbocycles. The van der Waals surface area contributed by atoms with E-state index < -0.39 is 0 Å². The van der Waals surface area contributed by atoms with Crippen LogP contribution in [0, 0.1) is 0 Å². The van der Waals surface area contributed by atoms with Gasteiger partial charge in [0, 0.05) is 6.04 Å². The number of hydrogen-bond donors (Lipinski definition) is 2. The fourth-order valence-electron chi connectivity index (χ4n) is 1.50. The van der Waals surface area contributed by atoms with Crippen LogP contribution in [0.1, 0.15) is 44.2 Å². The topological polar surface area (TPSA) is 46.2 Å². The molecule has 1 rings (SSSR count). The van der Waals surface area contributed by atoms with E-state index in [9.17, 15) is 0 Å². The summed E-state index contributed by atoms with van der Waals surface area (Å²) >= 11 is 0. The van der Waals surface area contributed by atoms with Crippen molar-refractivity contribution in [1.82, 2.24) is 0 Å². The van der Waals surface area contributed by atoms with Crippen LogP contribution in [0.25, 0.3) is 0 Å². The Hall–Kier alpha value is -1.02. The van der Waals surface area contributed by atoms with E-state index in [1.165, 1.54) is 19.3 Å². The van der Waals surface area contributed by atoms with Crippen LogP contribution in [-0.4, -0.2) is 5.11 Å². The quantitative estimate of drug-likeness (QED) is 0.706. The first-order valence-electron chi connectivity index (χ1n) is 5.28. The summed E-state index contributed by atoms with van der Waals surface area (Å²) in [4.78, 5) is 0. The standard InChI is InChI=1S/C12H19NO/c1-2-3-4-5-12(13)10-6-8-11(14)9-7-10/h6-9,12,14H,2-5,13H2,1H3. The maximum absolute atomic E-state index is 9.11. The monoisotopic (exact) mass is 193 g/mol. The van der Waals surface area contributed by atoms with Gasteiger partial charge in [0.05, 0.1) is 0 Å². The van der Waals surface area contributed by atoms with Crippen LogP contribution < -0.4 is 5.73 Å². The van der Waals surface area contributed by atoms with E-state index in [0.717, 1.165) is 12.0 Å². The number of rotatable bonds is 5. The molecule has 0 amide bonds. The fourth-order valence-corrected chi connectivity index (χ4v) is 1.50. The molecular formula is C12H19NO. The average molecular weight is 193 g/mol. The summed E-state index contributed by atoms with van der Waals surface area (Å²) < 4.78 is 0. The highest BCUT2D eigenvalue weighted by molar-refractivity contribution is 5.27. The van der Waals surface area contributed by atoms with Gasteiger partial charge in [0.1, 0.15) is 5.75 Å².